The van der Waals surface area contributed by atoms with Crippen molar-refractivity contribution >= 4 is 11.6 Å². The van der Waals surface area contributed by atoms with Gasteiger partial charge in [0.15, 0.2) is 11.5 Å². The number of rotatable bonds is 6. The van der Waals surface area contributed by atoms with Crippen molar-refractivity contribution in [3.05, 3.63) is 47.3 Å². The van der Waals surface area contributed by atoms with Crippen LogP contribution in [0.1, 0.15) is 16.8 Å². The number of benzene rings is 1. The number of hydrogen-bond acceptors (Lipinski definition) is 5. The Bertz CT molecular complexity index is 878. The number of halogens is 5. The number of methoxy groups -OCH3 is 2. The van der Waals surface area contributed by atoms with Crippen LogP contribution in [0.25, 0.3) is 11.6 Å². The number of allylic oxidation sites excluding steroid dienone is 1. The van der Waals surface area contributed by atoms with E-state index < -0.39 is 18.4 Å². The van der Waals surface area contributed by atoms with Gasteiger partial charge < -0.3 is 14.2 Å². The molecule has 0 aliphatic carbocycles. The maximum absolute atomic E-state index is 12.6. The maximum atomic E-state index is 12.6. The molecule has 148 valence electrons. The molecule has 0 fully saturated rings. The molecule has 10 heteroatoms. The van der Waals surface area contributed by atoms with Crippen LogP contribution in [0.2, 0.25) is 0 Å². The van der Waals surface area contributed by atoms with E-state index in [4.69, 9.17) is 9.47 Å². The molecule has 1 aromatic carbocycles. The summed E-state index contributed by atoms with van der Waals surface area (Å²) in [5, 5.41) is 9.33. The lowest BCUT2D eigenvalue weighted by atomic mass is 10.1. The molecule has 0 amide bonds. The van der Waals surface area contributed by atoms with E-state index in [1.54, 1.807) is 0 Å². The van der Waals surface area contributed by atoms with Crippen molar-refractivity contribution in [1.82, 2.24) is 4.98 Å². The van der Waals surface area contributed by atoms with E-state index in [-0.39, 0.29) is 28.5 Å². The molecule has 5 nitrogen and oxygen atoms in total. The van der Waals surface area contributed by atoms with Gasteiger partial charge in [-0.25, -0.2) is 0 Å². The van der Waals surface area contributed by atoms with Gasteiger partial charge in [0.25, 0.3) is 0 Å². The van der Waals surface area contributed by atoms with Gasteiger partial charge >= 0.3 is 12.8 Å². The minimum atomic E-state index is -4.55. The standard InChI is InChI=1S/C18H13F5N2O3/c1-26-14-6-10(7-15(27-2)16(14)28-17(19)20)5-11(8-24)13-4-3-12(9-25-13)18(21,22)23/h3-7,9,17H,1-2H3/b11-5+. The first kappa shape index (κ1) is 21.0. The third-order valence-electron chi connectivity index (χ3n) is 3.49. The zero-order chi connectivity index (χ0) is 20.9. The monoisotopic (exact) mass is 400 g/mol. The lowest BCUT2D eigenvalue weighted by Crippen LogP contribution is -2.06. The van der Waals surface area contributed by atoms with E-state index in [9.17, 15) is 27.2 Å². The first-order chi connectivity index (χ1) is 13.2. The summed E-state index contributed by atoms with van der Waals surface area (Å²) in [7, 11) is 2.45. The quantitative estimate of drug-likeness (QED) is 0.516. The topological polar surface area (TPSA) is 64.4 Å². The third-order valence-corrected chi connectivity index (χ3v) is 3.49. The second-order valence-electron chi connectivity index (χ2n) is 5.23. The lowest BCUT2D eigenvalue weighted by Gasteiger charge is -2.14. The first-order valence-corrected chi connectivity index (χ1v) is 7.55. The zero-order valence-corrected chi connectivity index (χ0v) is 14.6. The van der Waals surface area contributed by atoms with Crippen molar-refractivity contribution in [2.45, 2.75) is 12.8 Å². The molecule has 0 radical (unpaired) electrons. The van der Waals surface area contributed by atoms with Gasteiger partial charge in [0.1, 0.15) is 6.07 Å². The fourth-order valence-electron chi connectivity index (χ4n) is 2.24. The largest absolute Gasteiger partial charge is 0.493 e. The van der Waals surface area contributed by atoms with Crippen molar-refractivity contribution in [2.24, 2.45) is 0 Å². The number of ether oxygens (including phenoxy) is 3. The molecule has 2 aromatic rings. The molecule has 0 aliphatic rings. The Balaban J connectivity index is 2.48. The smallest absolute Gasteiger partial charge is 0.417 e. The molecule has 2 rings (SSSR count). The summed E-state index contributed by atoms with van der Waals surface area (Å²) < 4.78 is 77.5. The van der Waals surface area contributed by atoms with Gasteiger partial charge in [0.05, 0.1) is 31.1 Å². The Kier molecular flexibility index (Phi) is 6.41. The number of alkyl halides is 5. The van der Waals surface area contributed by atoms with Crippen molar-refractivity contribution < 1.29 is 36.2 Å². The summed E-state index contributed by atoms with van der Waals surface area (Å²) in [5.41, 5.74) is -0.708. The molecule has 28 heavy (non-hydrogen) atoms. The van der Waals surface area contributed by atoms with Gasteiger partial charge in [-0.1, -0.05) is 0 Å². The van der Waals surface area contributed by atoms with Gasteiger partial charge in [0, 0.05) is 6.20 Å². The van der Waals surface area contributed by atoms with E-state index in [1.807, 2.05) is 6.07 Å². The van der Waals surface area contributed by atoms with Crippen LogP contribution < -0.4 is 14.2 Å². The van der Waals surface area contributed by atoms with Crippen LogP contribution >= 0.6 is 0 Å². The highest BCUT2D eigenvalue weighted by Gasteiger charge is 2.30. The normalized spacial score (nSPS) is 11.9. The number of pyridine rings is 1. The van der Waals surface area contributed by atoms with Gasteiger partial charge in [0.2, 0.25) is 5.75 Å². The van der Waals surface area contributed by atoms with Crippen molar-refractivity contribution in [1.29, 1.82) is 5.26 Å². The molecule has 0 saturated carbocycles. The Morgan fingerprint density at radius 3 is 2.14 bits per heavy atom. The predicted molar refractivity (Wildman–Crippen MR) is 88.9 cm³/mol. The Labute approximate surface area is 156 Å². The van der Waals surface area contributed by atoms with Gasteiger partial charge in [-0.2, -0.15) is 27.2 Å². The fourth-order valence-corrected chi connectivity index (χ4v) is 2.24. The molecule has 1 aromatic heterocycles. The Hall–Kier alpha value is -3.35. The summed E-state index contributed by atoms with van der Waals surface area (Å²) in [6.07, 6.45) is -2.64. The van der Waals surface area contributed by atoms with Crippen molar-refractivity contribution in [3.8, 4) is 23.3 Å². The molecular weight excluding hydrogens is 387 g/mol. The van der Waals surface area contributed by atoms with E-state index in [0.717, 1.165) is 12.1 Å². The van der Waals surface area contributed by atoms with Crippen LogP contribution in [-0.4, -0.2) is 25.8 Å². The number of aromatic nitrogens is 1. The maximum Gasteiger partial charge on any atom is 0.417 e. The molecule has 0 bridgehead atoms. The molecule has 0 spiro atoms. The van der Waals surface area contributed by atoms with E-state index in [0.29, 0.717) is 11.8 Å². The Morgan fingerprint density at radius 1 is 1.14 bits per heavy atom. The SMILES string of the molecule is COc1cc(/C=C(\C#N)c2ccc(C(F)(F)F)cn2)cc(OC)c1OC(F)F. The fraction of sp³-hybridized carbons (Fsp3) is 0.222. The molecule has 0 N–H and O–H groups in total. The number of hydrogen-bond donors (Lipinski definition) is 0. The van der Waals surface area contributed by atoms with Crippen molar-refractivity contribution in [2.75, 3.05) is 14.2 Å². The highest BCUT2D eigenvalue weighted by Crippen LogP contribution is 2.40. The van der Waals surface area contributed by atoms with Gasteiger partial charge in [-0.05, 0) is 35.9 Å². The second kappa shape index (κ2) is 8.56. The van der Waals surface area contributed by atoms with E-state index in [2.05, 4.69) is 9.72 Å². The summed E-state index contributed by atoms with van der Waals surface area (Å²) in [4.78, 5) is 3.66. The van der Waals surface area contributed by atoms with Crippen LogP contribution in [0.3, 0.4) is 0 Å². The molecular formula is C18H13F5N2O3. The van der Waals surface area contributed by atoms with Crippen LogP contribution in [0.5, 0.6) is 17.2 Å². The molecule has 1 heterocycles. The average molecular weight is 400 g/mol. The summed E-state index contributed by atoms with van der Waals surface area (Å²) in [5.74, 6) is -0.490. The summed E-state index contributed by atoms with van der Waals surface area (Å²) >= 11 is 0. The van der Waals surface area contributed by atoms with Crippen molar-refractivity contribution in [3.63, 3.8) is 0 Å². The predicted octanol–water partition coefficient (Wildman–Crippen LogP) is 4.78. The van der Waals surface area contributed by atoms with Crippen LogP contribution in [0, 0.1) is 11.3 Å². The molecule has 0 saturated heterocycles. The summed E-state index contributed by atoms with van der Waals surface area (Å²) in [6.45, 7) is -3.12. The number of nitrogens with zero attached hydrogens (tertiary/aromatic N) is 2. The van der Waals surface area contributed by atoms with E-state index in [1.165, 1.54) is 32.4 Å². The van der Waals surface area contributed by atoms with Crippen LogP contribution in [-0.2, 0) is 6.18 Å². The second-order valence-corrected chi connectivity index (χ2v) is 5.23. The van der Waals surface area contributed by atoms with E-state index >= 15 is 0 Å². The highest BCUT2D eigenvalue weighted by molar-refractivity contribution is 5.89. The van der Waals surface area contributed by atoms with Gasteiger partial charge in [-0.3, -0.25) is 4.98 Å². The molecule has 0 atom stereocenters. The van der Waals surface area contributed by atoms with Crippen LogP contribution in [0.4, 0.5) is 22.0 Å². The Morgan fingerprint density at radius 2 is 1.75 bits per heavy atom. The lowest BCUT2D eigenvalue weighted by molar-refractivity contribution is -0.137. The third kappa shape index (κ3) is 4.88. The van der Waals surface area contributed by atoms with Crippen LogP contribution in [0.15, 0.2) is 30.5 Å². The minimum Gasteiger partial charge on any atom is -0.493 e. The van der Waals surface area contributed by atoms with Gasteiger partial charge in [-0.15, -0.1) is 0 Å². The highest BCUT2D eigenvalue weighted by atomic mass is 19.4. The number of nitriles is 1. The minimum absolute atomic E-state index is 0.00124. The summed E-state index contributed by atoms with van der Waals surface area (Å²) in [6, 6.07) is 6.30. The first-order valence-electron chi connectivity index (χ1n) is 7.55. The average Bonchev–Trinajstić information content (AvgIpc) is 2.65. The molecule has 0 aliphatic heterocycles. The molecule has 0 unspecified atom stereocenters. The zero-order valence-electron chi connectivity index (χ0n) is 14.6.